The van der Waals surface area contributed by atoms with E-state index >= 15 is 0 Å². The third-order valence-electron chi connectivity index (χ3n) is 3.29. The van der Waals surface area contributed by atoms with Crippen molar-refractivity contribution in [1.29, 1.82) is 0 Å². The van der Waals surface area contributed by atoms with Crippen molar-refractivity contribution in [2.45, 2.75) is 26.8 Å². The normalized spacial score (nSPS) is 17.6. The summed E-state index contributed by atoms with van der Waals surface area (Å²) < 4.78 is 10.8. The molecular weight excluding hydrogens is 300 g/mol. The second-order valence-electron chi connectivity index (χ2n) is 4.76. The van der Waals surface area contributed by atoms with Crippen LogP contribution in [0.1, 0.15) is 32.4 Å². The molecule has 0 aromatic heterocycles. The van der Waals surface area contributed by atoms with Crippen LogP contribution in [0.3, 0.4) is 0 Å². The summed E-state index contributed by atoms with van der Waals surface area (Å²) in [6, 6.07) is 7.21. The Labute approximate surface area is 135 Å². The minimum Gasteiger partial charge on any atom is -0.494 e. The third kappa shape index (κ3) is 3.39. The van der Waals surface area contributed by atoms with Crippen molar-refractivity contribution in [2.24, 2.45) is 0 Å². The second-order valence-corrected chi connectivity index (χ2v) is 5.17. The number of thiocarbonyl (C=S) groups is 1. The van der Waals surface area contributed by atoms with Crippen LogP contribution in [0, 0.1) is 0 Å². The van der Waals surface area contributed by atoms with Gasteiger partial charge in [0, 0.05) is 11.3 Å². The van der Waals surface area contributed by atoms with Crippen LogP contribution >= 0.6 is 12.2 Å². The zero-order valence-corrected chi connectivity index (χ0v) is 13.8. The monoisotopic (exact) mass is 320 g/mol. The fraction of sp³-hybridized carbons (Fsp3) is 0.375. The molecule has 2 rings (SSSR count). The average Bonchev–Trinajstić information content (AvgIpc) is 2.47. The minimum atomic E-state index is -0.393. The molecule has 1 atom stereocenters. The Morgan fingerprint density at radius 1 is 1.27 bits per heavy atom. The molecule has 6 heteroatoms. The average molecular weight is 320 g/mol. The Bertz CT molecular complexity index is 613. The van der Waals surface area contributed by atoms with Crippen molar-refractivity contribution in [3.8, 4) is 5.75 Å². The van der Waals surface area contributed by atoms with E-state index < -0.39 is 6.04 Å². The van der Waals surface area contributed by atoms with Crippen LogP contribution in [-0.2, 0) is 9.53 Å². The van der Waals surface area contributed by atoms with Crippen molar-refractivity contribution < 1.29 is 14.3 Å². The number of ether oxygens (including phenoxy) is 2. The number of esters is 1. The van der Waals surface area contributed by atoms with Gasteiger partial charge in [-0.25, -0.2) is 4.79 Å². The Hall–Kier alpha value is -2.08. The Morgan fingerprint density at radius 2 is 2.00 bits per heavy atom. The maximum Gasteiger partial charge on any atom is 0.338 e. The van der Waals surface area contributed by atoms with Crippen molar-refractivity contribution in [1.82, 2.24) is 10.6 Å². The van der Waals surface area contributed by atoms with Crippen molar-refractivity contribution in [3.05, 3.63) is 41.1 Å². The highest BCUT2D eigenvalue weighted by Gasteiger charge is 2.32. The summed E-state index contributed by atoms with van der Waals surface area (Å²) in [6.45, 7) is 6.38. The molecule has 1 aromatic carbocycles. The van der Waals surface area contributed by atoms with Gasteiger partial charge in [-0.2, -0.15) is 0 Å². The van der Waals surface area contributed by atoms with Crippen LogP contribution in [0.4, 0.5) is 0 Å². The van der Waals surface area contributed by atoms with Gasteiger partial charge in [-0.15, -0.1) is 0 Å². The lowest BCUT2D eigenvalue weighted by Crippen LogP contribution is -2.45. The summed E-state index contributed by atoms with van der Waals surface area (Å²) in [5, 5.41) is 6.58. The number of benzene rings is 1. The molecule has 5 nitrogen and oxygen atoms in total. The lowest BCUT2D eigenvalue weighted by Gasteiger charge is -2.30. The van der Waals surface area contributed by atoms with E-state index in [1.54, 1.807) is 6.92 Å². The first kappa shape index (κ1) is 16.3. The fourth-order valence-corrected chi connectivity index (χ4v) is 2.68. The molecule has 0 amide bonds. The van der Waals surface area contributed by atoms with Gasteiger partial charge in [0.05, 0.1) is 24.8 Å². The first-order chi connectivity index (χ1) is 10.6. The highest BCUT2D eigenvalue weighted by Crippen LogP contribution is 2.33. The number of allylic oxidation sites excluding steroid dienone is 1. The van der Waals surface area contributed by atoms with E-state index in [0.717, 1.165) is 11.3 Å². The molecule has 1 aromatic rings. The zero-order valence-electron chi connectivity index (χ0n) is 12.9. The minimum absolute atomic E-state index is 0.319. The molecule has 0 aliphatic carbocycles. The molecule has 1 aliphatic rings. The number of hydrogen-bond acceptors (Lipinski definition) is 4. The van der Waals surface area contributed by atoms with Crippen LogP contribution in [-0.4, -0.2) is 24.3 Å². The van der Waals surface area contributed by atoms with E-state index in [4.69, 9.17) is 21.7 Å². The molecule has 0 radical (unpaired) electrons. The number of hydrogen-bond donors (Lipinski definition) is 2. The quantitative estimate of drug-likeness (QED) is 0.642. The smallest absolute Gasteiger partial charge is 0.338 e. The number of carbonyl (C=O) groups is 1. The lowest BCUT2D eigenvalue weighted by atomic mass is 9.95. The largest absolute Gasteiger partial charge is 0.494 e. The Kier molecular flexibility index (Phi) is 5.38. The summed E-state index contributed by atoms with van der Waals surface area (Å²) in [6.07, 6.45) is 0. The topological polar surface area (TPSA) is 59.6 Å². The van der Waals surface area contributed by atoms with Crippen LogP contribution in [0.5, 0.6) is 5.75 Å². The second kappa shape index (κ2) is 7.26. The molecule has 22 heavy (non-hydrogen) atoms. The molecule has 0 bridgehead atoms. The summed E-state index contributed by atoms with van der Waals surface area (Å²) in [5.74, 6) is 0.362. The summed E-state index contributed by atoms with van der Waals surface area (Å²) in [7, 11) is 0. The Morgan fingerprint density at radius 3 is 2.68 bits per heavy atom. The number of rotatable bonds is 5. The molecule has 1 heterocycles. The maximum atomic E-state index is 12.3. The molecule has 0 saturated carbocycles. The van der Waals surface area contributed by atoms with Crippen molar-refractivity contribution >= 4 is 23.3 Å². The molecule has 0 saturated heterocycles. The summed E-state index contributed by atoms with van der Waals surface area (Å²) >= 11 is 5.22. The predicted octanol–water partition coefficient (Wildman–Crippen LogP) is 2.44. The lowest BCUT2D eigenvalue weighted by molar-refractivity contribution is -0.139. The van der Waals surface area contributed by atoms with Gasteiger partial charge in [0.15, 0.2) is 5.11 Å². The van der Waals surface area contributed by atoms with E-state index in [0.29, 0.717) is 29.6 Å². The molecule has 0 fully saturated rings. The fourth-order valence-electron chi connectivity index (χ4n) is 2.41. The number of para-hydroxylation sites is 1. The zero-order chi connectivity index (χ0) is 16.1. The highest BCUT2D eigenvalue weighted by atomic mass is 32.1. The standard InChI is InChI=1S/C16H20N2O3S/c1-4-20-12-9-7-6-8-11(12)14-13(15(19)21-5-2)10(3)17-16(22)18-14/h6-9,14H,4-5H2,1-3H3,(H2,17,18,22)/t14-/m1/s1. The van der Waals surface area contributed by atoms with E-state index in [1.165, 1.54) is 0 Å². The molecule has 1 aliphatic heterocycles. The van der Waals surface area contributed by atoms with Gasteiger partial charge in [0.25, 0.3) is 0 Å². The van der Waals surface area contributed by atoms with E-state index in [9.17, 15) is 4.79 Å². The van der Waals surface area contributed by atoms with E-state index in [1.807, 2.05) is 38.1 Å². The number of carbonyl (C=O) groups excluding carboxylic acids is 1. The van der Waals surface area contributed by atoms with Crippen LogP contribution in [0.15, 0.2) is 35.5 Å². The van der Waals surface area contributed by atoms with Gasteiger partial charge in [0.2, 0.25) is 0 Å². The molecular formula is C16H20N2O3S. The van der Waals surface area contributed by atoms with Crippen LogP contribution < -0.4 is 15.4 Å². The van der Waals surface area contributed by atoms with Gasteiger partial charge in [0.1, 0.15) is 5.75 Å². The molecule has 2 N–H and O–H groups in total. The van der Waals surface area contributed by atoms with Crippen LogP contribution in [0.2, 0.25) is 0 Å². The highest BCUT2D eigenvalue weighted by molar-refractivity contribution is 7.80. The maximum absolute atomic E-state index is 12.3. The van der Waals surface area contributed by atoms with Gasteiger partial charge in [-0.1, -0.05) is 18.2 Å². The van der Waals surface area contributed by atoms with Gasteiger partial charge < -0.3 is 20.1 Å². The van der Waals surface area contributed by atoms with Gasteiger partial charge >= 0.3 is 5.97 Å². The first-order valence-electron chi connectivity index (χ1n) is 7.25. The van der Waals surface area contributed by atoms with Crippen molar-refractivity contribution in [2.75, 3.05) is 13.2 Å². The van der Waals surface area contributed by atoms with E-state index in [2.05, 4.69) is 10.6 Å². The Balaban J connectivity index is 2.48. The SMILES string of the molecule is CCOC(=O)C1=C(C)NC(=S)N[C@@H]1c1ccccc1OCC. The van der Waals surface area contributed by atoms with Gasteiger partial charge in [-0.05, 0) is 39.1 Å². The molecule has 118 valence electrons. The summed E-state index contributed by atoms with van der Waals surface area (Å²) in [4.78, 5) is 12.3. The summed E-state index contributed by atoms with van der Waals surface area (Å²) in [5.41, 5.74) is 2.07. The van der Waals surface area contributed by atoms with Crippen LogP contribution in [0.25, 0.3) is 0 Å². The van der Waals surface area contributed by atoms with Crippen molar-refractivity contribution in [3.63, 3.8) is 0 Å². The number of nitrogens with one attached hydrogen (secondary N) is 2. The first-order valence-corrected chi connectivity index (χ1v) is 7.66. The molecule has 0 unspecified atom stereocenters. The molecule has 0 spiro atoms. The van der Waals surface area contributed by atoms with E-state index in [-0.39, 0.29) is 5.97 Å². The third-order valence-corrected chi connectivity index (χ3v) is 3.51. The predicted molar refractivity (Wildman–Crippen MR) is 88.6 cm³/mol. The van der Waals surface area contributed by atoms with Gasteiger partial charge in [-0.3, -0.25) is 0 Å².